The smallest absolute Gasteiger partial charge is 0.306 e. The highest BCUT2D eigenvalue weighted by atomic mass is 79.9. The van der Waals surface area contributed by atoms with Crippen LogP contribution in [0.5, 0.6) is 0 Å². The molecule has 1 atom stereocenters. The van der Waals surface area contributed by atoms with Crippen molar-refractivity contribution < 1.29 is 14.3 Å². The van der Waals surface area contributed by atoms with Crippen molar-refractivity contribution in [3.8, 4) is 0 Å². The van der Waals surface area contributed by atoms with Gasteiger partial charge in [0.1, 0.15) is 12.4 Å². The zero-order valence-corrected chi connectivity index (χ0v) is 12.0. The topological polar surface area (TPSA) is 43.4 Å². The van der Waals surface area contributed by atoms with E-state index in [9.17, 15) is 9.59 Å². The Balaban J connectivity index is 2.24. The van der Waals surface area contributed by atoms with Gasteiger partial charge in [-0.05, 0) is 12.0 Å². The maximum Gasteiger partial charge on any atom is 0.306 e. The summed E-state index contributed by atoms with van der Waals surface area (Å²) in [7, 11) is 0. The van der Waals surface area contributed by atoms with Gasteiger partial charge in [0.05, 0.1) is 5.33 Å². The molecule has 18 heavy (non-hydrogen) atoms. The molecule has 0 fully saturated rings. The lowest BCUT2D eigenvalue weighted by Gasteiger charge is -2.08. The Kier molecular flexibility index (Phi) is 6.65. The van der Waals surface area contributed by atoms with Gasteiger partial charge in [-0.25, -0.2) is 0 Å². The number of hydrogen-bond acceptors (Lipinski definition) is 3. The summed E-state index contributed by atoms with van der Waals surface area (Å²) in [6, 6.07) is 9.53. The molecule has 0 aliphatic rings. The molecular weight excluding hydrogens is 296 g/mol. The number of halogens is 1. The SMILES string of the molecule is C[C@@H](CCC(=O)OCc1ccccc1)C(=O)CBr. The van der Waals surface area contributed by atoms with Crippen molar-refractivity contribution in [3.63, 3.8) is 0 Å². The molecule has 0 saturated carbocycles. The van der Waals surface area contributed by atoms with E-state index in [4.69, 9.17) is 4.74 Å². The summed E-state index contributed by atoms with van der Waals surface area (Å²) in [5.41, 5.74) is 0.968. The van der Waals surface area contributed by atoms with Crippen LogP contribution in [0.1, 0.15) is 25.3 Å². The molecule has 0 bridgehead atoms. The molecule has 0 heterocycles. The van der Waals surface area contributed by atoms with Crippen molar-refractivity contribution in [1.29, 1.82) is 0 Å². The highest BCUT2D eigenvalue weighted by Crippen LogP contribution is 2.10. The third-order valence-corrected chi connectivity index (χ3v) is 3.26. The lowest BCUT2D eigenvalue weighted by atomic mass is 10.0. The second-order valence-electron chi connectivity index (χ2n) is 4.19. The van der Waals surface area contributed by atoms with Crippen molar-refractivity contribution in [3.05, 3.63) is 35.9 Å². The van der Waals surface area contributed by atoms with Crippen LogP contribution < -0.4 is 0 Å². The summed E-state index contributed by atoms with van der Waals surface area (Å²) >= 11 is 3.12. The largest absolute Gasteiger partial charge is 0.461 e. The van der Waals surface area contributed by atoms with Crippen LogP contribution in [0.3, 0.4) is 0 Å². The van der Waals surface area contributed by atoms with E-state index >= 15 is 0 Å². The third kappa shape index (κ3) is 5.45. The van der Waals surface area contributed by atoms with E-state index < -0.39 is 0 Å². The predicted molar refractivity (Wildman–Crippen MR) is 73.4 cm³/mol. The number of Topliss-reactive ketones (excluding diaryl/α,β-unsaturated/α-hetero) is 1. The number of ketones is 1. The normalized spacial score (nSPS) is 11.9. The standard InChI is InChI=1S/C14H17BrO3/c1-11(13(16)9-15)7-8-14(17)18-10-12-5-3-2-4-6-12/h2-6,11H,7-10H2,1H3/t11-/m0/s1. The number of rotatable bonds is 7. The Labute approximate surface area is 116 Å². The summed E-state index contributed by atoms with van der Waals surface area (Å²) < 4.78 is 5.13. The molecule has 0 aliphatic heterocycles. The summed E-state index contributed by atoms with van der Waals surface area (Å²) in [5.74, 6) is -0.243. The van der Waals surface area contributed by atoms with Gasteiger partial charge >= 0.3 is 5.97 Å². The zero-order valence-electron chi connectivity index (χ0n) is 10.4. The van der Waals surface area contributed by atoms with Gasteiger partial charge in [-0.15, -0.1) is 0 Å². The molecule has 0 aromatic heterocycles. The lowest BCUT2D eigenvalue weighted by molar-refractivity contribution is -0.145. The molecular formula is C14H17BrO3. The van der Waals surface area contributed by atoms with Gasteiger partial charge in [0.15, 0.2) is 0 Å². The average Bonchev–Trinajstić information content (AvgIpc) is 2.42. The minimum Gasteiger partial charge on any atom is -0.461 e. The number of carbonyl (C=O) groups is 2. The summed E-state index contributed by atoms with van der Waals surface area (Å²) in [6.07, 6.45) is 0.824. The van der Waals surface area contributed by atoms with E-state index in [1.54, 1.807) is 0 Å². The molecule has 0 N–H and O–H groups in total. The molecule has 4 heteroatoms. The second kappa shape index (κ2) is 8.03. The van der Waals surface area contributed by atoms with Crippen LogP contribution in [0.2, 0.25) is 0 Å². The van der Waals surface area contributed by atoms with Gasteiger partial charge in [-0.1, -0.05) is 53.2 Å². The van der Waals surface area contributed by atoms with Gasteiger partial charge in [-0.3, -0.25) is 9.59 Å². The Morgan fingerprint density at radius 2 is 1.94 bits per heavy atom. The number of carbonyl (C=O) groups excluding carboxylic acids is 2. The van der Waals surface area contributed by atoms with Crippen molar-refractivity contribution in [2.75, 3.05) is 5.33 Å². The van der Waals surface area contributed by atoms with Crippen LogP contribution in [0.4, 0.5) is 0 Å². The maximum atomic E-state index is 11.5. The molecule has 0 radical (unpaired) electrons. The minimum atomic E-state index is -0.256. The van der Waals surface area contributed by atoms with Crippen LogP contribution in [0.15, 0.2) is 30.3 Å². The predicted octanol–water partition coefficient (Wildman–Crippen LogP) is 3.11. The first-order valence-electron chi connectivity index (χ1n) is 5.91. The van der Waals surface area contributed by atoms with Crippen molar-refractivity contribution >= 4 is 27.7 Å². The van der Waals surface area contributed by atoms with Gasteiger partial charge < -0.3 is 4.74 Å². The van der Waals surface area contributed by atoms with Gasteiger partial charge in [-0.2, -0.15) is 0 Å². The molecule has 0 saturated heterocycles. The number of ether oxygens (including phenoxy) is 1. The molecule has 1 aromatic rings. The molecule has 1 aromatic carbocycles. The molecule has 0 unspecified atom stereocenters. The molecule has 0 aliphatic carbocycles. The first-order valence-corrected chi connectivity index (χ1v) is 7.04. The van der Waals surface area contributed by atoms with Crippen LogP contribution in [0, 0.1) is 5.92 Å². The molecule has 0 amide bonds. The fourth-order valence-corrected chi connectivity index (χ4v) is 1.99. The number of esters is 1. The van der Waals surface area contributed by atoms with Gasteiger partial charge in [0.25, 0.3) is 0 Å². The van der Waals surface area contributed by atoms with E-state index in [0.717, 1.165) is 5.56 Å². The Morgan fingerprint density at radius 3 is 2.56 bits per heavy atom. The monoisotopic (exact) mass is 312 g/mol. The minimum absolute atomic E-state index is 0.103. The Hall–Kier alpha value is -1.16. The Morgan fingerprint density at radius 1 is 1.28 bits per heavy atom. The lowest BCUT2D eigenvalue weighted by Crippen LogP contribution is -2.14. The van der Waals surface area contributed by atoms with Crippen molar-refractivity contribution in [2.45, 2.75) is 26.4 Å². The fourth-order valence-electron chi connectivity index (χ4n) is 1.44. The van der Waals surface area contributed by atoms with E-state index in [-0.39, 0.29) is 24.1 Å². The highest BCUT2D eigenvalue weighted by Gasteiger charge is 2.13. The molecule has 1 rings (SSSR count). The van der Waals surface area contributed by atoms with Gasteiger partial charge in [0.2, 0.25) is 0 Å². The second-order valence-corrected chi connectivity index (χ2v) is 4.75. The fraction of sp³-hybridized carbons (Fsp3) is 0.429. The van der Waals surface area contributed by atoms with Crippen molar-refractivity contribution in [1.82, 2.24) is 0 Å². The first-order chi connectivity index (χ1) is 8.63. The Bertz CT molecular complexity index is 389. The number of hydrogen-bond donors (Lipinski definition) is 0. The molecule has 3 nitrogen and oxygen atoms in total. The molecule has 0 spiro atoms. The summed E-state index contributed by atoms with van der Waals surface area (Å²) in [6.45, 7) is 2.12. The van der Waals surface area contributed by atoms with E-state index in [2.05, 4.69) is 15.9 Å². The van der Waals surface area contributed by atoms with Crippen LogP contribution in [-0.4, -0.2) is 17.1 Å². The quantitative estimate of drug-likeness (QED) is 0.574. The van der Waals surface area contributed by atoms with E-state index in [1.807, 2.05) is 37.3 Å². The van der Waals surface area contributed by atoms with Crippen LogP contribution in [-0.2, 0) is 20.9 Å². The van der Waals surface area contributed by atoms with E-state index in [0.29, 0.717) is 18.4 Å². The first kappa shape index (κ1) is 14.9. The molecule has 98 valence electrons. The average molecular weight is 313 g/mol. The summed E-state index contributed by atoms with van der Waals surface area (Å²) in [4.78, 5) is 22.8. The van der Waals surface area contributed by atoms with Gasteiger partial charge in [0, 0.05) is 12.3 Å². The number of benzene rings is 1. The summed E-state index contributed by atoms with van der Waals surface area (Å²) in [5, 5.41) is 0.341. The zero-order chi connectivity index (χ0) is 13.4. The maximum absolute atomic E-state index is 11.5. The highest BCUT2D eigenvalue weighted by molar-refractivity contribution is 9.09. The van der Waals surface area contributed by atoms with Crippen molar-refractivity contribution in [2.24, 2.45) is 5.92 Å². The third-order valence-electron chi connectivity index (χ3n) is 2.71. The van der Waals surface area contributed by atoms with Crippen LogP contribution >= 0.6 is 15.9 Å². The van der Waals surface area contributed by atoms with E-state index in [1.165, 1.54) is 0 Å². The van der Waals surface area contributed by atoms with Crippen LogP contribution in [0.25, 0.3) is 0 Å². The number of alkyl halides is 1.